The fraction of sp³-hybridized carbons (Fsp3) is 0.467. The van der Waals surface area contributed by atoms with E-state index in [-0.39, 0.29) is 17.8 Å². The number of nitrogens with zero attached hydrogens (tertiary/aromatic N) is 1. The highest BCUT2D eigenvalue weighted by Gasteiger charge is 2.24. The molecule has 0 unspecified atom stereocenters. The van der Waals surface area contributed by atoms with Gasteiger partial charge in [-0.3, -0.25) is 0 Å². The molecule has 0 spiro atoms. The van der Waals surface area contributed by atoms with Gasteiger partial charge in [-0.25, -0.2) is 18.4 Å². The fourth-order valence-corrected chi connectivity index (χ4v) is 2.40. The first-order chi connectivity index (χ1) is 11.0. The van der Waals surface area contributed by atoms with Gasteiger partial charge in [0.25, 0.3) is 0 Å². The zero-order valence-corrected chi connectivity index (χ0v) is 12.8. The number of anilines is 1. The number of carbonyl (C=O) groups is 2. The maximum absolute atomic E-state index is 13.1. The number of hydrogen-bond donors (Lipinski definition) is 2. The molecule has 2 N–H and O–H groups in total. The van der Waals surface area contributed by atoms with Crippen molar-refractivity contribution in [2.75, 3.05) is 25.0 Å². The minimum absolute atomic E-state index is 0.0453. The van der Waals surface area contributed by atoms with Crippen molar-refractivity contribution in [1.29, 1.82) is 0 Å². The minimum atomic E-state index is -0.761. The molecule has 1 aromatic rings. The SMILES string of the molecule is CCOC(=O)N1CCC(NC(=O)Nc2cc(F)cc(F)c2)CC1. The van der Waals surface area contributed by atoms with Crippen LogP contribution >= 0.6 is 0 Å². The maximum Gasteiger partial charge on any atom is 0.409 e. The number of hydrogen-bond acceptors (Lipinski definition) is 3. The summed E-state index contributed by atoms with van der Waals surface area (Å²) < 4.78 is 31.0. The Bertz CT molecular complexity index is 555. The van der Waals surface area contributed by atoms with Crippen LogP contribution in [-0.2, 0) is 4.74 Å². The topological polar surface area (TPSA) is 70.7 Å². The maximum atomic E-state index is 13.1. The molecule has 1 saturated heterocycles. The van der Waals surface area contributed by atoms with Gasteiger partial charge < -0.3 is 20.3 Å². The van der Waals surface area contributed by atoms with Gasteiger partial charge in [-0.15, -0.1) is 0 Å². The molecule has 0 radical (unpaired) electrons. The van der Waals surface area contributed by atoms with Crippen LogP contribution in [0, 0.1) is 11.6 Å². The molecule has 23 heavy (non-hydrogen) atoms. The van der Waals surface area contributed by atoms with E-state index in [9.17, 15) is 18.4 Å². The lowest BCUT2D eigenvalue weighted by Gasteiger charge is -2.31. The third-order valence-corrected chi connectivity index (χ3v) is 3.48. The van der Waals surface area contributed by atoms with Gasteiger partial charge in [-0.1, -0.05) is 0 Å². The highest BCUT2D eigenvalue weighted by molar-refractivity contribution is 5.89. The number of carbonyl (C=O) groups excluding carboxylic acids is 2. The molecule has 0 aromatic heterocycles. The summed E-state index contributed by atoms with van der Waals surface area (Å²) in [6, 6.07) is 2.15. The highest BCUT2D eigenvalue weighted by atomic mass is 19.1. The molecular weight excluding hydrogens is 308 g/mol. The Labute approximate surface area is 132 Å². The monoisotopic (exact) mass is 327 g/mol. The van der Waals surface area contributed by atoms with Crippen molar-refractivity contribution in [2.45, 2.75) is 25.8 Å². The van der Waals surface area contributed by atoms with E-state index in [1.165, 1.54) is 0 Å². The predicted octanol–water partition coefficient (Wildman–Crippen LogP) is 2.71. The Hall–Kier alpha value is -2.38. The number of ether oxygens (including phenoxy) is 1. The second-order valence-corrected chi connectivity index (χ2v) is 5.22. The lowest BCUT2D eigenvalue weighted by molar-refractivity contribution is 0.0959. The van der Waals surface area contributed by atoms with Gasteiger partial charge >= 0.3 is 12.1 Å². The highest BCUT2D eigenvalue weighted by Crippen LogP contribution is 2.14. The molecule has 0 saturated carbocycles. The van der Waals surface area contributed by atoms with Gasteiger partial charge in [0, 0.05) is 30.9 Å². The molecule has 2 rings (SSSR count). The van der Waals surface area contributed by atoms with Crippen LogP contribution in [-0.4, -0.2) is 42.8 Å². The number of urea groups is 1. The summed E-state index contributed by atoms with van der Waals surface area (Å²) in [7, 11) is 0. The van der Waals surface area contributed by atoms with Crippen molar-refractivity contribution in [2.24, 2.45) is 0 Å². The summed E-state index contributed by atoms with van der Waals surface area (Å²) in [5.74, 6) is -1.52. The third kappa shape index (κ3) is 5.08. The number of halogens is 2. The zero-order valence-electron chi connectivity index (χ0n) is 12.8. The molecule has 1 aliphatic rings. The number of amides is 3. The van der Waals surface area contributed by atoms with Crippen LogP contribution in [0.3, 0.4) is 0 Å². The van der Waals surface area contributed by atoms with Crippen LogP contribution in [0.4, 0.5) is 24.1 Å². The Kier molecular flexibility index (Phi) is 5.72. The van der Waals surface area contributed by atoms with Crippen LogP contribution < -0.4 is 10.6 Å². The second-order valence-electron chi connectivity index (χ2n) is 5.22. The van der Waals surface area contributed by atoms with Crippen molar-refractivity contribution in [3.8, 4) is 0 Å². The molecule has 1 fully saturated rings. The predicted molar refractivity (Wildman–Crippen MR) is 80.1 cm³/mol. The minimum Gasteiger partial charge on any atom is -0.450 e. The molecule has 0 bridgehead atoms. The van der Waals surface area contributed by atoms with Crippen molar-refractivity contribution in [3.63, 3.8) is 0 Å². The van der Waals surface area contributed by atoms with Crippen molar-refractivity contribution in [1.82, 2.24) is 10.2 Å². The summed E-state index contributed by atoms with van der Waals surface area (Å²) in [5.41, 5.74) is 0.0453. The molecule has 8 heteroatoms. The average molecular weight is 327 g/mol. The van der Waals surface area contributed by atoms with Crippen molar-refractivity contribution >= 4 is 17.8 Å². The summed E-state index contributed by atoms with van der Waals surface area (Å²) in [6.45, 7) is 3.03. The van der Waals surface area contributed by atoms with Crippen molar-refractivity contribution in [3.05, 3.63) is 29.8 Å². The van der Waals surface area contributed by atoms with Gasteiger partial charge in [0.05, 0.1) is 6.61 Å². The molecule has 3 amide bonds. The van der Waals surface area contributed by atoms with E-state index in [1.807, 2.05) is 0 Å². The number of benzene rings is 1. The first-order valence-electron chi connectivity index (χ1n) is 7.43. The van der Waals surface area contributed by atoms with Gasteiger partial charge in [-0.05, 0) is 31.9 Å². The van der Waals surface area contributed by atoms with E-state index < -0.39 is 17.7 Å². The van der Waals surface area contributed by atoms with E-state index in [0.29, 0.717) is 32.5 Å². The standard InChI is InChI=1S/C15H19F2N3O3/c1-2-23-15(22)20-5-3-12(4-6-20)18-14(21)19-13-8-10(16)7-11(17)9-13/h7-9,12H,2-6H2,1H3,(H2,18,19,21). The van der Waals surface area contributed by atoms with Crippen LogP contribution in [0.1, 0.15) is 19.8 Å². The van der Waals surface area contributed by atoms with E-state index in [2.05, 4.69) is 10.6 Å². The average Bonchev–Trinajstić information content (AvgIpc) is 2.47. The molecule has 1 aromatic carbocycles. The first kappa shape index (κ1) is 17.0. The third-order valence-electron chi connectivity index (χ3n) is 3.48. The Balaban J connectivity index is 1.79. The number of rotatable bonds is 3. The van der Waals surface area contributed by atoms with Crippen LogP contribution in [0.25, 0.3) is 0 Å². The lowest BCUT2D eigenvalue weighted by Crippen LogP contribution is -2.47. The van der Waals surface area contributed by atoms with Crippen molar-refractivity contribution < 1.29 is 23.1 Å². The molecule has 126 valence electrons. The van der Waals surface area contributed by atoms with Gasteiger partial charge in [-0.2, -0.15) is 0 Å². The smallest absolute Gasteiger partial charge is 0.409 e. The summed E-state index contributed by atoms with van der Waals surface area (Å²) in [6.07, 6.45) is 0.818. The number of likely N-dealkylation sites (tertiary alicyclic amines) is 1. The van der Waals surface area contributed by atoms with Gasteiger partial charge in [0.15, 0.2) is 0 Å². The van der Waals surface area contributed by atoms with E-state index in [4.69, 9.17) is 4.74 Å². The first-order valence-corrected chi connectivity index (χ1v) is 7.43. The van der Waals surface area contributed by atoms with Gasteiger partial charge in [0.1, 0.15) is 11.6 Å². The fourth-order valence-electron chi connectivity index (χ4n) is 2.40. The second kappa shape index (κ2) is 7.75. The number of nitrogens with one attached hydrogen (secondary N) is 2. The summed E-state index contributed by atoms with van der Waals surface area (Å²) >= 11 is 0. The summed E-state index contributed by atoms with van der Waals surface area (Å²) in [5, 5.41) is 5.11. The molecule has 6 nitrogen and oxygen atoms in total. The summed E-state index contributed by atoms with van der Waals surface area (Å²) in [4.78, 5) is 25.0. The van der Waals surface area contributed by atoms with Gasteiger partial charge in [0.2, 0.25) is 0 Å². The zero-order chi connectivity index (χ0) is 16.8. The Morgan fingerprint density at radius 3 is 2.39 bits per heavy atom. The Morgan fingerprint density at radius 2 is 1.83 bits per heavy atom. The van der Waals surface area contributed by atoms with E-state index >= 15 is 0 Å². The largest absolute Gasteiger partial charge is 0.450 e. The molecule has 0 atom stereocenters. The van der Waals surface area contributed by atoms with Crippen LogP contribution in [0.5, 0.6) is 0 Å². The Morgan fingerprint density at radius 1 is 1.22 bits per heavy atom. The van der Waals surface area contributed by atoms with E-state index in [0.717, 1.165) is 18.2 Å². The molecule has 0 aliphatic carbocycles. The van der Waals surface area contributed by atoms with E-state index in [1.54, 1.807) is 11.8 Å². The number of piperidine rings is 1. The van der Waals surface area contributed by atoms with Crippen LogP contribution in [0.2, 0.25) is 0 Å². The molecule has 1 heterocycles. The quantitative estimate of drug-likeness (QED) is 0.897. The lowest BCUT2D eigenvalue weighted by atomic mass is 10.1. The van der Waals surface area contributed by atoms with Crippen LogP contribution in [0.15, 0.2) is 18.2 Å². The molecule has 1 aliphatic heterocycles. The molecular formula is C15H19F2N3O3. The normalized spacial score (nSPS) is 15.2.